The van der Waals surface area contributed by atoms with Crippen molar-refractivity contribution in [3.05, 3.63) is 59.9 Å². The first kappa shape index (κ1) is 17.3. The van der Waals surface area contributed by atoms with E-state index in [1.807, 2.05) is 55.5 Å². The van der Waals surface area contributed by atoms with E-state index < -0.39 is 0 Å². The van der Waals surface area contributed by atoms with Gasteiger partial charge in [-0.15, -0.1) is 0 Å². The maximum absolute atomic E-state index is 12.7. The molecule has 2 amide bonds. The van der Waals surface area contributed by atoms with E-state index in [9.17, 15) is 9.59 Å². The molecule has 1 atom stereocenters. The Hall–Kier alpha value is -3.15. The summed E-state index contributed by atoms with van der Waals surface area (Å²) in [6, 6.07) is 15.6. The molecular weight excluding hydrogens is 340 g/mol. The number of carbonyl (C=O) groups is 2. The van der Waals surface area contributed by atoms with E-state index in [0.717, 1.165) is 22.5 Å². The lowest BCUT2D eigenvalue weighted by molar-refractivity contribution is -0.132. The Morgan fingerprint density at radius 2 is 1.96 bits per heavy atom. The number of piperidine rings is 1. The first-order valence-electron chi connectivity index (χ1n) is 9.12. The number of para-hydroxylation sites is 1. The first-order chi connectivity index (χ1) is 13.0. The van der Waals surface area contributed by atoms with Crippen LogP contribution < -0.4 is 5.32 Å². The van der Waals surface area contributed by atoms with E-state index in [-0.39, 0.29) is 17.9 Å². The number of hydrogen-bond acceptors (Lipinski definition) is 3. The van der Waals surface area contributed by atoms with Gasteiger partial charge in [0.15, 0.2) is 0 Å². The van der Waals surface area contributed by atoms with Crippen molar-refractivity contribution in [3.8, 4) is 5.69 Å². The summed E-state index contributed by atoms with van der Waals surface area (Å²) in [5, 5.41) is 3.04. The fourth-order valence-electron chi connectivity index (χ4n) is 3.64. The summed E-state index contributed by atoms with van der Waals surface area (Å²) in [5.41, 5.74) is 3.39. The molecule has 2 heterocycles. The Bertz CT molecular complexity index is 1010. The van der Waals surface area contributed by atoms with Crippen LogP contribution in [0.15, 0.2) is 48.5 Å². The van der Waals surface area contributed by atoms with Crippen LogP contribution in [0, 0.1) is 6.92 Å². The summed E-state index contributed by atoms with van der Waals surface area (Å²) in [6.45, 7) is 2.51. The summed E-state index contributed by atoms with van der Waals surface area (Å²) in [4.78, 5) is 30.6. The number of aromatic nitrogens is 2. The topological polar surface area (TPSA) is 67.2 Å². The van der Waals surface area contributed by atoms with Crippen LogP contribution in [0.4, 0.5) is 0 Å². The minimum atomic E-state index is -0.128. The number of aryl methyl sites for hydroxylation is 1. The van der Waals surface area contributed by atoms with Crippen molar-refractivity contribution in [1.82, 2.24) is 19.8 Å². The highest BCUT2D eigenvalue weighted by Crippen LogP contribution is 2.22. The highest BCUT2D eigenvalue weighted by atomic mass is 16.2. The fourth-order valence-corrected chi connectivity index (χ4v) is 3.64. The molecule has 1 aliphatic rings. The lowest BCUT2D eigenvalue weighted by atomic mass is 10.0. The number of amides is 2. The van der Waals surface area contributed by atoms with Crippen molar-refractivity contribution < 1.29 is 9.59 Å². The number of nitrogens with one attached hydrogen (secondary N) is 1. The summed E-state index contributed by atoms with van der Waals surface area (Å²) >= 11 is 0. The van der Waals surface area contributed by atoms with Gasteiger partial charge >= 0.3 is 0 Å². The van der Waals surface area contributed by atoms with E-state index in [1.54, 1.807) is 11.9 Å². The molecule has 1 saturated heterocycles. The quantitative estimate of drug-likeness (QED) is 0.779. The maximum atomic E-state index is 12.7. The third-order valence-corrected chi connectivity index (χ3v) is 5.06. The van der Waals surface area contributed by atoms with E-state index >= 15 is 0 Å². The van der Waals surface area contributed by atoms with Crippen molar-refractivity contribution in [2.45, 2.75) is 25.8 Å². The third-order valence-electron chi connectivity index (χ3n) is 5.06. The van der Waals surface area contributed by atoms with Gasteiger partial charge in [-0.05, 0) is 43.7 Å². The summed E-state index contributed by atoms with van der Waals surface area (Å²) in [6.07, 6.45) is 1.15. The van der Waals surface area contributed by atoms with Crippen LogP contribution in [-0.4, -0.2) is 45.9 Å². The van der Waals surface area contributed by atoms with Gasteiger partial charge in [0, 0.05) is 37.3 Å². The van der Waals surface area contributed by atoms with Gasteiger partial charge in [0.25, 0.3) is 5.91 Å². The number of nitrogens with zero attached hydrogens (tertiary/aromatic N) is 3. The molecule has 4 rings (SSSR count). The van der Waals surface area contributed by atoms with Gasteiger partial charge in [-0.1, -0.05) is 18.2 Å². The van der Waals surface area contributed by atoms with Gasteiger partial charge in [-0.25, -0.2) is 4.98 Å². The standard InChI is InChI=1S/C21H22N4O2/c1-14-22-18-12-15(21(27)23-16-9-11-20(26)24(2)13-16)8-10-19(18)25(14)17-6-4-3-5-7-17/h3-8,10,12,16H,9,11,13H2,1-2H3,(H,23,27). The first-order valence-corrected chi connectivity index (χ1v) is 9.12. The maximum Gasteiger partial charge on any atom is 0.251 e. The second-order valence-corrected chi connectivity index (χ2v) is 7.02. The molecule has 1 N–H and O–H groups in total. The summed E-state index contributed by atoms with van der Waals surface area (Å²) < 4.78 is 2.08. The molecular formula is C21H22N4O2. The Morgan fingerprint density at radius 1 is 1.19 bits per heavy atom. The molecule has 1 aliphatic heterocycles. The molecule has 6 nitrogen and oxygen atoms in total. The number of fused-ring (bicyclic) bond motifs is 1. The summed E-state index contributed by atoms with van der Waals surface area (Å²) in [7, 11) is 1.77. The van der Waals surface area contributed by atoms with Gasteiger partial charge in [-0.2, -0.15) is 0 Å². The number of imidazole rings is 1. The Morgan fingerprint density at radius 3 is 2.70 bits per heavy atom. The Balaban J connectivity index is 1.59. The average molecular weight is 362 g/mol. The van der Waals surface area contributed by atoms with E-state index in [1.165, 1.54) is 0 Å². The molecule has 0 bridgehead atoms. The van der Waals surface area contributed by atoms with Gasteiger partial charge in [0.05, 0.1) is 11.0 Å². The monoisotopic (exact) mass is 362 g/mol. The zero-order valence-electron chi connectivity index (χ0n) is 15.5. The number of benzene rings is 2. The van der Waals surface area contributed by atoms with Crippen LogP contribution in [-0.2, 0) is 4.79 Å². The van der Waals surface area contributed by atoms with Crippen LogP contribution in [0.25, 0.3) is 16.7 Å². The van der Waals surface area contributed by atoms with E-state index in [4.69, 9.17) is 0 Å². The molecule has 6 heteroatoms. The Labute approximate surface area is 157 Å². The average Bonchev–Trinajstić information content (AvgIpc) is 3.00. The number of likely N-dealkylation sites (N-methyl/N-ethyl adjacent to an activating group) is 1. The highest BCUT2D eigenvalue weighted by Gasteiger charge is 2.24. The molecule has 1 aromatic heterocycles. The zero-order valence-corrected chi connectivity index (χ0v) is 15.5. The van der Waals surface area contributed by atoms with Crippen molar-refractivity contribution >= 4 is 22.8 Å². The predicted molar refractivity (Wildman–Crippen MR) is 104 cm³/mol. The largest absolute Gasteiger partial charge is 0.348 e. The van der Waals surface area contributed by atoms with Crippen LogP contribution in [0.5, 0.6) is 0 Å². The van der Waals surface area contributed by atoms with Crippen LogP contribution >= 0.6 is 0 Å². The molecule has 3 aromatic rings. The molecule has 0 saturated carbocycles. The lowest BCUT2D eigenvalue weighted by Crippen LogP contribution is -2.48. The SMILES string of the molecule is Cc1nc2cc(C(=O)NC3CCC(=O)N(C)C3)ccc2n1-c1ccccc1. The number of likely N-dealkylation sites (tertiary alicyclic amines) is 1. The number of carbonyl (C=O) groups excluding carboxylic acids is 2. The zero-order chi connectivity index (χ0) is 19.0. The van der Waals surface area contributed by atoms with Crippen LogP contribution in [0.3, 0.4) is 0 Å². The lowest BCUT2D eigenvalue weighted by Gasteiger charge is -2.30. The Kier molecular flexibility index (Phi) is 4.39. The number of rotatable bonds is 3. The summed E-state index contributed by atoms with van der Waals surface area (Å²) in [5.74, 6) is 0.876. The van der Waals surface area contributed by atoms with Crippen molar-refractivity contribution in [1.29, 1.82) is 0 Å². The molecule has 2 aromatic carbocycles. The van der Waals surface area contributed by atoms with Crippen molar-refractivity contribution in [3.63, 3.8) is 0 Å². The van der Waals surface area contributed by atoms with Crippen LogP contribution in [0.2, 0.25) is 0 Å². The second-order valence-electron chi connectivity index (χ2n) is 7.02. The molecule has 138 valence electrons. The molecule has 1 fully saturated rings. The molecule has 0 spiro atoms. The van der Waals surface area contributed by atoms with Gasteiger partial charge in [0.2, 0.25) is 5.91 Å². The molecule has 27 heavy (non-hydrogen) atoms. The third kappa shape index (κ3) is 3.30. The molecule has 0 radical (unpaired) electrons. The second kappa shape index (κ2) is 6.87. The number of hydrogen-bond donors (Lipinski definition) is 1. The van der Waals surface area contributed by atoms with Gasteiger partial charge in [-0.3, -0.25) is 14.2 Å². The van der Waals surface area contributed by atoms with Crippen molar-refractivity contribution in [2.75, 3.05) is 13.6 Å². The van der Waals surface area contributed by atoms with E-state index in [2.05, 4.69) is 14.9 Å². The minimum Gasteiger partial charge on any atom is -0.348 e. The molecule has 1 unspecified atom stereocenters. The van der Waals surface area contributed by atoms with Gasteiger partial charge < -0.3 is 10.2 Å². The normalized spacial score (nSPS) is 17.3. The highest BCUT2D eigenvalue weighted by molar-refractivity contribution is 5.98. The van der Waals surface area contributed by atoms with Crippen molar-refractivity contribution in [2.24, 2.45) is 0 Å². The van der Waals surface area contributed by atoms with E-state index in [0.29, 0.717) is 24.9 Å². The predicted octanol–water partition coefficient (Wildman–Crippen LogP) is 2.68. The fraction of sp³-hybridized carbons (Fsp3) is 0.286. The smallest absolute Gasteiger partial charge is 0.251 e. The van der Waals surface area contributed by atoms with Gasteiger partial charge in [0.1, 0.15) is 5.82 Å². The minimum absolute atomic E-state index is 0.0143. The van der Waals surface area contributed by atoms with Crippen LogP contribution in [0.1, 0.15) is 29.0 Å². The molecule has 0 aliphatic carbocycles.